The van der Waals surface area contributed by atoms with E-state index in [4.69, 9.17) is 0 Å². The van der Waals surface area contributed by atoms with E-state index < -0.39 is 0 Å². The average Bonchev–Trinajstić information content (AvgIpc) is 2.76. The Hall–Kier alpha value is -1.46. The van der Waals surface area contributed by atoms with Gasteiger partial charge in [0.05, 0.1) is 15.2 Å². The number of carbonyl (C=O) groups excluding carboxylic acids is 1. The average molecular weight is 370 g/mol. The van der Waals surface area contributed by atoms with E-state index in [1.54, 1.807) is 11.3 Å². The Labute approximate surface area is 159 Å². The minimum absolute atomic E-state index is 0.194. The fourth-order valence-electron chi connectivity index (χ4n) is 4.93. The van der Waals surface area contributed by atoms with Crippen molar-refractivity contribution in [3.05, 3.63) is 28.8 Å². The molecule has 4 heterocycles. The molecule has 1 amide bonds. The maximum Gasteiger partial charge on any atom is 0.253 e. The van der Waals surface area contributed by atoms with Crippen molar-refractivity contribution in [2.75, 3.05) is 26.2 Å². The standard InChI is InChI=1S/C21H27N3OS/c1-14-22-19-9-17(6-8-20(19)26-14)21(25)24-12-16-5-7-18(13-24)23(11-16)10-15-3-2-4-15/h6,8-9,15-16,18H,2-5,7,10-13H2,1H3/t16-,18-/m0/s1. The van der Waals surface area contributed by atoms with Gasteiger partial charge in [-0.05, 0) is 62.6 Å². The zero-order valence-corrected chi connectivity index (χ0v) is 16.3. The number of hydrogen-bond donors (Lipinski definition) is 0. The third-order valence-corrected chi connectivity index (χ3v) is 7.52. The van der Waals surface area contributed by atoms with E-state index in [0.717, 1.165) is 35.1 Å². The fraction of sp³-hybridized carbons (Fsp3) is 0.619. The molecule has 0 N–H and O–H groups in total. The molecule has 2 atom stereocenters. The zero-order valence-electron chi connectivity index (χ0n) is 15.5. The van der Waals surface area contributed by atoms with Crippen molar-refractivity contribution >= 4 is 27.5 Å². The van der Waals surface area contributed by atoms with Crippen LogP contribution in [0.4, 0.5) is 0 Å². The summed E-state index contributed by atoms with van der Waals surface area (Å²) in [5.41, 5.74) is 1.76. The molecule has 1 aromatic carbocycles. The molecule has 0 unspecified atom stereocenters. The van der Waals surface area contributed by atoms with Crippen molar-refractivity contribution in [2.45, 2.75) is 45.1 Å². The summed E-state index contributed by atoms with van der Waals surface area (Å²) < 4.78 is 1.17. The van der Waals surface area contributed by atoms with Crippen LogP contribution in [0.15, 0.2) is 18.2 Å². The van der Waals surface area contributed by atoms with E-state index in [1.165, 1.54) is 49.9 Å². The minimum Gasteiger partial charge on any atom is -0.337 e. The summed E-state index contributed by atoms with van der Waals surface area (Å²) >= 11 is 1.69. The van der Waals surface area contributed by atoms with Crippen LogP contribution in [-0.4, -0.2) is 52.9 Å². The van der Waals surface area contributed by atoms with E-state index in [2.05, 4.69) is 20.9 Å². The van der Waals surface area contributed by atoms with Crippen LogP contribution < -0.4 is 0 Å². The lowest BCUT2D eigenvalue weighted by Crippen LogP contribution is -2.47. The minimum atomic E-state index is 0.194. The molecule has 1 aromatic heterocycles. The molecule has 26 heavy (non-hydrogen) atoms. The molecule has 6 rings (SSSR count). The van der Waals surface area contributed by atoms with E-state index in [0.29, 0.717) is 12.0 Å². The summed E-state index contributed by atoms with van der Waals surface area (Å²) in [5.74, 6) is 1.75. The molecule has 5 heteroatoms. The third kappa shape index (κ3) is 3.05. The van der Waals surface area contributed by atoms with Crippen LogP contribution in [0, 0.1) is 18.8 Å². The maximum atomic E-state index is 13.2. The summed E-state index contributed by atoms with van der Waals surface area (Å²) in [6, 6.07) is 6.59. The molecule has 138 valence electrons. The van der Waals surface area contributed by atoms with Crippen LogP contribution in [0.5, 0.6) is 0 Å². The first-order chi connectivity index (χ1) is 12.7. The van der Waals surface area contributed by atoms with Gasteiger partial charge in [-0.1, -0.05) is 6.42 Å². The molecule has 2 aromatic rings. The number of aryl methyl sites for hydroxylation is 1. The van der Waals surface area contributed by atoms with Gasteiger partial charge in [0, 0.05) is 37.8 Å². The Balaban J connectivity index is 1.34. The van der Waals surface area contributed by atoms with Gasteiger partial charge in [-0.3, -0.25) is 9.69 Å². The second-order valence-corrected chi connectivity index (χ2v) is 9.71. The molecule has 1 saturated carbocycles. The highest BCUT2D eigenvalue weighted by molar-refractivity contribution is 7.18. The second kappa shape index (κ2) is 6.61. The van der Waals surface area contributed by atoms with Gasteiger partial charge in [-0.15, -0.1) is 11.3 Å². The van der Waals surface area contributed by atoms with Crippen LogP contribution >= 0.6 is 11.3 Å². The number of fused-ring (bicyclic) bond motifs is 5. The normalized spacial score (nSPS) is 26.9. The molecule has 4 fully saturated rings. The van der Waals surface area contributed by atoms with Crippen molar-refractivity contribution in [2.24, 2.45) is 11.8 Å². The number of nitrogens with zero attached hydrogens (tertiary/aromatic N) is 3. The van der Waals surface area contributed by atoms with Gasteiger partial charge in [0.1, 0.15) is 0 Å². The van der Waals surface area contributed by atoms with Crippen LogP contribution in [0.1, 0.15) is 47.5 Å². The van der Waals surface area contributed by atoms with Crippen LogP contribution in [0.3, 0.4) is 0 Å². The molecule has 0 radical (unpaired) electrons. The van der Waals surface area contributed by atoms with Gasteiger partial charge >= 0.3 is 0 Å². The summed E-state index contributed by atoms with van der Waals surface area (Å²) in [4.78, 5) is 22.6. The highest BCUT2D eigenvalue weighted by atomic mass is 32.1. The number of thiazole rings is 1. The largest absolute Gasteiger partial charge is 0.337 e. The van der Waals surface area contributed by atoms with Gasteiger partial charge in [0.25, 0.3) is 5.91 Å². The van der Waals surface area contributed by atoms with Gasteiger partial charge in [0.15, 0.2) is 0 Å². The number of carbonyl (C=O) groups is 1. The zero-order chi connectivity index (χ0) is 17.7. The Morgan fingerprint density at radius 1 is 1.19 bits per heavy atom. The first-order valence-corrected chi connectivity index (χ1v) is 10.9. The predicted octanol–water partition coefficient (Wildman–Crippen LogP) is 3.94. The second-order valence-electron chi connectivity index (χ2n) is 8.47. The van der Waals surface area contributed by atoms with Gasteiger partial charge in [-0.2, -0.15) is 0 Å². The predicted molar refractivity (Wildman–Crippen MR) is 106 cm³/mol. The molecule has 3 saturated heterocycles. The SMILES string of the molecule is Cc1nc2cc(C(=O)N3C[C@H]4CC[C@@H](C3)N(CC3CCC3)C4)ccc2s1. The number of amides is 1. The van der Waals surface area contributed by atoms with Crippen molar-refractivity contribution in [1.29, 1.82) is 0 Å². The lowest BCUT2D eigenvalue weighted by molar-refractivity contribution is 0.0717. The highest BCUT2D eigenvalue weighted by Gasteiger charge is 2.37. The topological polar surface area (TPSA) is 36.4 Å². The van der Waals surface area contributed by atoms with Gasteiger partial charge in [0.2, 0.25) is 0 Å². The van der Waals surface area contributed by atoms with E-state index in [-0.39, 0.29) is 5.91 Å². The highest BCUT2D eigenvalue weighted by Crippen LogP contribution is 2.33. The smallest absolute Gasteiger partial charge is 0.253 e. The van der Waals surface area contributed by atoms with Crippen LogP contribution in [0.25, 0.3) is 10.2 Å². The summed E-state index contributed by atoms with van der Waals surface area (Å²) in [5, 5.41) is 1.06. The molecule has 2 bridgehead atoms. The summed E-state index contributed by atoms with van der Waals surface area (Å²) in [7, 11) is 0. The van der Waals surface area contributed by atoms with Crippen LogP contribution in [-0.2, 0) is 0 Å². The number of aromatic nitrogens is 1. The van der Waals surface area contributed by atoms with Gasteiger partial charge in [-0.25, -0.2) is 4.98 Å². The Morgan fingerprint density at radius 2 is 2.08 bits per heavy atom. The van der Waals surface area contributed by atoms with Crippen molar-refractivity contribution < 1.29 is 4.79 Å². The summed E-state index contributed by atoms with van der Waals surface area (Å²) in [6.45, 7) is 6.29. The van der Waals surface area contributed by atoms with Crippen molar-refractivity contribution in [3.8, 4) is 0 Å². The van der Waals surface area contributed by atoms with E-state index in [1.807, 2.05) is 19.1 Å². The van der Waals surface area contributed by atoms with E-state index in [9.17, 15) is 4.79 Å². The molecule has 4 aliphatic rings. The molecular formula is C21H27N3OS. The number of piperidine rings is 1. The molecule has 0 spiro atoms. The lowest BCUT2D eigenvalue weighted by atomic mass is 9.83. The van der Waals surface area contributed by atoms with Crippen LogP contribution in [0.2, 0.25) is 0 Å². The third-order valence-electron chi connectivity index (χ3n) is 6.57. The van der Waals surface area contributed by atoms with Gasteiger partial charge < -0.3 is 4.90 Å². The molecule has 4 nitrogen and oxygen atoms in total. The Bertz CT molecular complexity index is 828. The van der Waals surface area contributed by atoms with E-state index >= 15 is 0 Å². The summed E-state index contributed by atoms with van der Waals surface area (Å²) in [6.07, 6.45) is 6.76. The molecule has 1 aliphatic carbocycles. The lowest BCUT2D eigenvalue weighted by Gasteiger charge is -2.40. The number of hydrogen-bond acceptors (Lipinski definition) is 4. The molecular weight excluding hydrogens is 342 g/mol. The monoisotopic (exact) mass is 369 g/mol. The first kappa shape index (κ1) is 16.7. The van der Waals surface area contributed by atoms with Crippen molar-refractivity contribution in [1.82, 2.24) is 14.8 Å². The Morgan fingerprint density at radius 3 is 2.88 bits per heavy atom. The fourth-order valence-corrected chi connectivity index (χ4v) is 5.74. The first-order valence-electron chi connectivity index (χ1n) is 10.1. The number of benzene rings is 1. The Kier molecular flexibility index (Phi) is 4.24. The maximum absolute atomic E-state index is 13.2. The van der Waals surface area contributed by atoms with Crippen molar-refractivity contribution in [3.63, 3.8) is 0 Å². The molecule has 3 aliphatic heterocycles. The quantitative estimate of drug-likeness (QED) is 0.822. The number of rotatable bonds is 3.